The zero-order valence-corrected chi connectivity index (χ0v) is 9.62. The monoisotopic (exact) mass is 199 g/mol. The smallest absolute Gasteiger partial charge is 0.0697 e. The fraction of sp³-hybridized carbons (Fsp3) is 0.214. The van der Waals surface area contributed by atoms with Gasteiger partial charge in [0.15, 0.2) is 0 Å². The number of hydrogen-bond donors (Lipinski definition) is 0. The number of aliphatic imine (C=N–C) groups is 1. The summed E-state index contributed by atoms with van der Waals surface area (Å²) >= 11 is 0. The Morgan fingerprint density at radius 2 is 1.73 bits per heavy atom. The Bertz CT molecular complexity index is 393. The topological polar surface area (TPSA) is 12.4 Å². The van der Waals surface area contributed by atoms with Crippen LogP contribution in [0.25, 0.3) is 5.70 Å². The van der Waals surface area contributed by atoms with Crippen LogP contribution in [0.2, 0.25) is 0 Å². The third-order valence-electron chi connectivity index (χ3n) is 2.38. The minimum absolute atomic E-state index is 0.925. The van der Waals surface area contributed by atoms with Gasteiger partial charge < -0.3 is 0 Å². The van der Waals surface area contributed by atoms with Crippen LogP contribution in [0, 0.1) is 0 Å². The van der Waals surface area contributed by atoms with Gasteiger partial charge in [-0.25, -0.2) is 0 Å². The molecular formula is C14H17N. The lowest BCUT2D eigenvalue weighted by atomic mass is 10.1. The maximum Gasteiger partial charge on any atom is 0.0697 e. The molecule has 0 aliphatic heterocycles. The molecule has 0 atom stereocenters. The van der Waals surface area contributed by atoms with Gasteiger partial charge in [0.05, 0.1) is 5.70 Å². The molecule has 0 radical (unpaired) electrons. The van der Waals surface area contributed by atoms with E-state index in [1.54, 1.807) is 0 Å². The predicted molar refractivity (Wildman–Crippen MR) is 68.0 cm³/mol. The minimum atomic E-state index is 0.925. The van der Waals surface area contributed by atoms with E-state index in [4.69, 9.17) is 0 Å². The standard InChI is InChI=1S/C14H17N/c1-11(2)12(3)10-14(15-4)13-8-6-5-7-9-13/h5-10H,4H2,1-3H3/b14-10-. The van der Waals surface area contributed by atoms with Gasteiger partial charge in [-0.15, -0.1) is 0 Å². The largest absolute Gasteiger partial charge is 0.264 e. The van der Waals surface area contributed by atoms with Gasteiger partial charge in [-0.2, -0.15) is 0 Å². The zero-order valence-electron chi connectivity index (χ0n) is 9.62. The molecule has 15 heavy (non-hydrogen) atoms. The van der Waals surface area contributed by atoms with Crippen molar-refractivity contribution in [3.05, 3.63) is 53.1 Å². The van der Waals surface area contributed by atoms with E-state index in [9.17, 15) is 0 Å². The summed E-state index contributed by atoms with van der Waals surface area (Å²) in [7, 11) is 0. The second-order valence-electron chi connectivity index (χ2n) is 3.74. The molecule has 0 saturated heterocycles. The van der Waals surface area contributed by atoms with Crippen LogP contribution in [0.15, 0.2) is 52.5 Å². The first-order chi connectivity index (χ1) is 7.15. The van der Waals surface area contributed by atoms with E-state index in [0.717, 1.165) is 11.3 Å². The lowest BCUT2D eigenvalue weighted by Gasteiger charge is -2.03. The predicted octanol–water partition coefficient (Wildman–Crippen LogP) is 4.08. The SMILES string of the molecule is C=N/C(=C\C(C)=C(C)C)c1ccccc1. The maximum absolute atomic E-state index is 4.06. The summed E-state index contributed by atoms with van der Waals surface area (Å²) in [5, 5.41) is 0. The number of benzene rings is 1. The number of allylic oxidation sites excluding steroid dienone is 3. The average Bonchev–Trinajstić information content (AvgIpc) is 2.26. The molecule has 0 heterocycles. The molecule has 0 aromatic heterocycles. The Morgan fingerprint density at radius 3 is 2.20 bits per heavy atom. The van der Waals surface area contributed by atoms with Crippen LogP contribution < -0.4 is 0 Å². The second kappa shape index (κ2) is 5.30. The van der Waals surface area contributed by atoms with Crippen LogP contribution in [-0.2, 0) is 0 Å². The van der Waals surface area contributed by atoms with Crippen molar-refractivity contribution in [1.82, 2.24) is 0 Å². The van der Waals surface area contributed by atoms with E-state index < -0.39 is 0 Å². The van der Waals surface area contributed by atoms with Gasteiger partial charge in [-0.05, 0) is 33.6 Å². The van der Waals surface area contributed by atoms with Crippen LogP contribution in [0.1, 0.15) is 26.3 Å². The van der Waals surface area contributed by atoms with Crippen molar-refractivity contribution >= 4 is 12.4 Å². The minimum Gasteiger partial charge on any atom is -0.264 e. The molecule has 0 N–H and O–H groups in total. The molecule has 1 aromatic carbocycles. The number of rotatable bonds is 3. The first kappa shape index (κ1) is 11.4. The molecule has 0 bridgehead atoms. The Labute approximate surface area is 91.9 Å². The van der Waals surface area contributed by atoms with Gasteiger partial charge in [0.25, 0.3) is 0 Å². The molecule has 78 valence electrons. The lowest BCUT2D eigenvalue weighted by molar-refractivity contribution is 1.29. The van der Waals surface area contributed by atoms with Crippen molar-refractivity contribution in [2.24, 2.45) is 4.99 Å². The lowest BCUT2D eigenvalue weighted by Crippen LogP contribution is -1.82. The molecule has 0 spiro atoms. The first-order valence-corrected chi connectivity index (χ1v) is 5.03. The van der Waals surface area contributed by atoms with Gasteiger partial charge in [-0.1, -0.05) is 41.5 Å². The fourth-order valence-corrected chi connectivity index (χ4v) is 1.18. The summed E-state index contributed by atoms with van der Waals surface area (Å²) in [5.41, 5.74) is 4.57. The number of hydrogen-bond acceptors (Lipinski definition) is 1. The summed E-state index contributed by atoms with van der Waals surface area (Å²) < 4.78 is 0. The van der Waals surface area contributed by atoms with Crippen molar-refractivity contribution in [1.29, 1.82) is 0 Å². The molecule has 1 nitrogen and oxygen atoms in total. The highest BCUT2D eigenvalue weighted by molar-refractivity contribution is 5.70. The van der Waals surface area contributed by atoms with Crippen molar-refractivity contribution in [2.75, 3.05) is 0 Å². The molecule has 1 heteroatoms. The molecule has 0 amide bonds. The van der Waals surface area contributed by atoms with Crippen LogP contribution in [0.3, 0.4) is 0 Å². The van der Waals surface area contributed by atoms with Crippen LogP contribution in [0.5, 0.6) is 0 Å². The zero-order chi connectivity index (χ0) is 11.3. The Hall–Kier alpha value is -1.63. The van der Waals surface area contributed by atoms with Gasteiger partial charge >= 0.3 is 0 Å². The fourth-order valence-electron chi connectivity index (χ4n) is 1.18. The highest BCUT2D eigenvalue weighted by Crippen LogP contribution is 2.18. The van der Waals surface area contributed by atoms with E-state index in [2.05, 4.69) is 38.6 Å². The van der Waals surface area contributed by atoms with Crippen molar-refractivity contribution in [2.45, 2.75) is 20.8 Å². The number of nitrogens with zero attached hydrogens (tertiary/aromatic N) is 1. The van der Waals surface area contributed by atoms with E-state index in [-0.39, 0.29) is 0 Å². The quantitative estimate of drug-likeness (QED) is 0.513. The summed E-state index contributed by atoms with van der Waals surface area (Å²) in [6.45, 7) is 9.89. The molecule has 1 aromatic rings. The summed E-state index contributed by atoms with van der Waals surface area (Å²) in [6, 6.07) is 10.1. The summed E-state index contributed by atoms with van der Waals surface area (Å²) in [4.78, 5) is 4.06. The van der Waals surface area contributed by atoms with Crippen molar-refractivity contribution < 1.29 is 0 Å². The highest BCUT2D eigenvalue weighted by Gasteiger charge is 1.98. The van der Waals surface area contributed by atoms with Crippen molar-refractivity contribution in [3.8, 4) is 0 Å². The molecule has 0 saturated carbocycles. The first-order valence-electron chi connectivity index (χ1n) is 5.03. The van der Waals surface area contributed by atoms with E-state index in [1.165, 1.54) is 11.1 Å². The highest BCUT2D eigenvalue weighted by atomic mass is 14.7. The van der Waals surface area contributed by atoms with Crippen LogP contribution in [0.4, 0.5) is 0 Å². The molecule has 0 aliphatic rings. The van der Waals surface area contributed by atoms with Crippen molar-refractivity contribution in [3.63, 3.8) is 0 Å². The van der Waals surface area contributed by atoms with Gasteiger partial charge in [0.2, 0.25) is 0 Å². The van der Waals surface area contributed by atoms with Crippen LogP contribution in [-0.4, -0.2) is 6.72 Å². The summed E-state index contributed by atoms with van der Waals surface area (Å²) in [5.74, 6) is 0. The molecule has 0 unspecified atom stereocenters. The second-order valence-corrected chi connectivity index (χ2v) is 3.74. The molecular weight excluding hydrogens is 182 g/mol. The van der Waals surface area contributed by atoms with E-state index >= 15 is 0 Å². The third kappa shape index (κ3) is 3.21. The van der Waals surface area contributed by atoms with E-state index in [1.807, 2.05) is 30.3 Å². The molecule has 0 aliphatic carbocycles. The molecule has 1 rings (SSSR count). The average molecular weight is 199 g/mol. The normalized spacial score (nSPS) is 11.0. The van der Waals surface area contributed by atoms with Gasteiger partial charge in [0.1, 0.15) is 0 Å². The van der Waals surface area contributed by atoms with Crippen LogP contribution >= 0.6 is 0 Å². The third-order valence-corrected chi connectivity index (χ3v) is 2.38. The molecule has 0 fully saturated rings. The summed E-state index contributed by atoms with van der Waals surface area (Å²) in [6.07, 6.45) is 2.07. The van der Waals surface area contributed by atoms with Gasteiger partial charge in [0, 0.05) is 5.56 Å². The Kier molecular flexibility index (Phi) is 4.04. The maximum atomic E-state index is 4.06. The van der Waals surface area contributed by atoms with E-state index in [0.29, 0.717) is 0 Å². The Balaban J connectivity index is 3.11. The Morgan fingerprint density at radius 1 is 1.13 bits per heavy atom. The van der Waals surface area contributed by atoms with Gasteiger partial charge in [-0.3, -0.25) is 4.99 Å².